The van der Waals surface area contributed by atoms with Crippen LogP contribution < -0.4 is 5.43 Å². The Morgan fingerprint density at radius 3 is 2.48 bits per heavy atom. The SMILES string of the molecule is CC1=C(C/C=N/NC(=O)c2ccc(C(=O)CO)cc2)C(C)(C)CCC1. The number of hydrazone groups is 1. The lowest BCUT2D eigenvalue weighted by Gasteiger charge is -2.34. The molecule has 0 bridgehead atoms. The Morgan fingerprint density at radius 2 is 1.88 bits per heavy atom. The van der Waals surface area contributed by atoms with E-state index < -0.39 is 6.61 Å². The van der Waals surface area contributed by atoms with E-state index in [-0.39, 0.29) is 17.1 Å². The van der Waals surface area contributed by atoms with Crippen LogP contribution in [0.2, 0.25) is 0 Å². The van der Waals surface area contributed by atoms with Crippen molar-refractivity contribution in [3.8, 4) is 0 Å². The molecule has 0 saturated carbocycles. The van der Waals surface area contributed by atoms with Crippen molar-refractivity contribution in [2.24, 2.45) is 10.5 Å². The molecule has 0 fully saturated rings. The lowest BCUT2D eigenvalue weighted by atomic mass is 9.72. The van der Waals surface area contributed by atoms with Crippen molar-refractivity contribution in [3.63, 3.8) is 0 Å². The normalized spacial score (nSPS) is 17.0. The predicted molar refractivity (Wildman–Crippen MR) is 98.8 cm³/mol. The molecule has 1 aliphatic carbocycles. The van der Waals surface area contributed by atoms with Gasteiger partial charge in [-0.25, -0.2) is 5.43 Å². The van der Waals surface area contributed by atoms with E-state index in [1.54, 1.807) is 18.3 Å². The Bertz CT molecular complexity index is 700. The number of ketones is 1. The first-order chi connectivity index (χ1) is 11.8. The maximum atomic E-state index is 12.1. The monoisotopic (exact) mass is 342 g/mol. The highest BCUT2D eigenvalue weighted by atomic mass is 16.3. The minimum atomic E-state index is -0.540. The predicted octanol–water partition coefficient (Wildman–Crippen LogP) is 3.49. The number of aliphatic hydroxyl groups excluding tert-OH is 1. The number of allylic oxidation sites excluding steroid dienone is 2. The number of rotatable bonds is 6. The fraction of sp³-hybridized carbons (Fsp3) is 0.450. The summed E-state index contributed by atoms with van der Waals surface area (Å²) in [5.41, 5.74) is 6.34. The minimum Gasteiger partial charge on any atom is -0.388 e. The number of nitrogens with zero attached hydrogens (tertiary/aromatic N) is 1. The molecule has 1 aromatic rings. The summed E-state index contributed by atoms with van der Waals surface area (Å²) in [6, 6.07) is 6.14. The first-order valence-electron chi connectivity index (χ1n) is 8.60. The zero-order chi connectivity index (χ0) is 18.4. The summed E-state index contributed by atoms with van der Waals surface area (Å²) in [7, 11) is 0. The maximum absolute atomic E-state index is 12.1. The lowest BCUT2D eigenvalue weighted by Crippen LogP contribution is -2.21. The van der Waals surface area contributed by atoms with Gasteiger partial charge in [0.1, 0.15) is 6.61 Å². The molecule has 0 unspecified atom stereocenters. The van der Waals surface area contributed by atoms with Gasteiger partial charge in [-0.05, 0) is 43.7 Å². The first-order valence-corrected chi connectivity index (χ1v) is 8.60. The zero-order valence-electron chi connectivity index (χ0n) is 15.1. The Labute approximate surface area is 148 Å². The summed E-state index contributed by atoms with van der Waals surface area (Å²) in [5, 5.41) is 12.9. The minimum absolute atomic E-state index is 0.188. The molecule has 1 aromatic carbocycles. The highest BCUT2D eigenvalue weighted by Crippen LogP contribution is 2.41. The van der Waals surface area contributed by atoms with E-state index in [2.05, 4.69) is 31.3 Å². The van der Waals surface area contributed by atoms with Crippen LogP contribution in [0.1, 0.15) is 67.2 Å². The highest BCUT2D eigenvalue weighted by Gasteiger charge is 2.27. The molecule has 0 saturated heterocycles. The van der Waals surface area contributed by atoms with Crippen LogP contribution in [0.4, 0.5) is 0 Å². The van der Waals surface area contributed by atoms with Gasteiger partial charge in [0.25, 0.3) is 5.91 Å². The fourth-order valence-corrected chi connectivity index (χ4v) is 3.33. The average Bonchev–Trinajstić information content (AvgIpc) is 2.59. The van der Waals surface area contributed by atoms with Crippen LogP contribution in [0.25, 0.3) is 0 Å². The third kappa shape index (κ3) is 4.86. The molecule has 0 heterocycles. The number of Topliss-reactive ketones (excluding diaryl/α,β-unsaturated/α-hetero) is 1. The molecule has 5 nitrogen and oxygen atoms in total. The van der Waals surface area contributed by atoms with E-state index in [4.69, 9.17) is 5.11 Å². The molecule has 0 radical (unpaired) electrons. The van der Waals surface area contributed by atoms with E-state index in [1.807, 2.05) is 0 Å². The van der Waals surface area contributed by atoms with Crippen LogP contribution in [-0.2, 0) is 0 Å². The molecule has 1 aliphatic rings. The van der Waals surface area contributed by atoms with E-state index in [1.165, 1.54) is 36.1 Å². The maximum Gasteiger partial charge on any atom is 0.271 e. The van der Waals surface area contributed by atoms with Crippen molar-refractivity contribution in [1.82, 2.24) is 5.43 Å². The molecule has 0 aliphatic heterocycles. The van der Waals surface area contributed by atoms with Crippen LogP contribution in [0.5, 0.6) is 0 Å². The average molecular weight is 342 g/mol. The zero-order valence-corrected chi connectivity index (χ0v) is 15.1. The second-order valence-electron chi connectivity index (χ2n) is 7.11. The third-order valence-electron chi connectivity index (χ3n) is 4.85. The van der Waals surface area contributed by atoms with E-state index in [9.17, 15) is 9.59 Å². The van der Waals surface area contributed by atoms with E-state index in [0.717, 1.165) is 12.8 Å². The van der Waals surface area contributed by atoms with Crippen LogP contribution >= 0.6 is 0 Å². The standard InChI is InChI=1S/C20H26N2O3/c1-14-5-4-11-20(2,3)17(14)10-12-21-22-19(25)16-8-6-15(7-9-16)18(24)13-23/h6-9,12,23H,4-5,10-11,13H2,1-3H3,(H,22,25)/b21-12+. The summed E-state index contributed by atoms with van der Waals surface area (Å²) in [6.07, 6.45) is 6.03. The van der Waals surface area contributed by atoms with Crippen LogP contribution in [0.3, 0.4) is 0 Å². The summed E-state index contributed by atoms with van der Waals surface area (Å²) >= 11 is 0. The van der Waals surface area contributed by atoms with Gasteiger partial charge in [0.05, 0.1) is 0 Å². The number of amides is 1. The van der Waals surface area contributed by atoms with Crippen LogP contribution in [-0.4, -0.2) is 29.6 Å². The van der Waals surface area contributed by atoms with Crippen molar-refractivity contribution in [1.29, 1.82) is 0 Å². The van der Waals surface area contributed by atoms with Gasteiger partial charge in [0, 0.05) is 23.8 Å². The van der Waals surface area contributed by atoms with Gasteiger partial charge in [-0.2, -0.15) is 5.10 Å². The summed E-state index contributed by atoms with van der Waals surface area (Å²) in [5.74, 6) is -0.698. The molecule has 0 aromatic heterocycles. The summed E-state index contributed by atoms with van der Waals surface area (Å²) in [6.45, 7) is 6.15. The number of benzene rings is 1. The van der Waals surface area contributed by atoms with Gasteiger partial charge >= 0.3 is 0 Å². The number of aliphatic hydroxyl groups is 1. The molecule has 0 atom stereocenters. The van der Waals surface area contributed by atoms with Crippen molar-refractivity contribution >= 4 is 17.9 Å². The molecule has 134 valence electrons. The largest absolute Gasteiger partial charge is 0.388 e. The van der Waals surface area contributed by atoms with E-state index >= 15 is 0 Å². The quantitative estimate of drug-likeness (QED) is 0.359. The van der Waals surface area contributed by atoms with Crippen LogP contribution in [0.15, 0.2) is 40.5 Å². The van der Waals surface area contributed by atoms with Gasteiger partial charge in [0.2, 0.25) is 0 Å². The van der Waals surface area contributed by atoms with Crippen molar-refractivity contribution < 1.29 is 14.7 Å². The van der Waals surface area contributed by atoms with Gasteiger partial charge in [-0.1, -0.05) is 37.1 Å². The number of hydrogen-bond acceptors (Lipinski definition) is 4. The van der Waals surface area contributed by atoms with Gasteiger partial charge in [-0.15, -0.1) is 0 Å². The topological polar surface area (TPSA) is 78.8 Å². The number of nitrogens with one attached hydrogen (secondary N) is 1. The molecule has 0 spiro atoms. The lowest BCUT2D eigenvalue weighted by molar-refractivity contribution is 0.0901. The first kappa shape index (κ1) is 19.1. The van der Waals surface area contributed by atoms with E-state index in [0.29, 0.717) is 11.1 Å². The molecule has 5 heteroatoms. The van der Waals surface area contributed by atoms with Gasteiger partial charge in [0.15, 0.2) is 5.78 Å². The second-order valence-corrected chi connectivity index (χ2v) is 7.11. The Balaban J connectivity index is 1.93. The molecule has 2 N–H and O–H groups in total. The number of carbonyl (C=O) groups is 2. The molecule has 25 heavy (non-hydrogen) atoms. The summed E-state index contributed by atoms with van der Waals surface area (Å²) in [4.78, 5) is 23.4. The Morgan fingerprint density at radius 1 is 1.24 bits per heavy atom. The van der Waals surface area contributed by atoms with Gasteiger partial charge < -0.3 is 5.11 Å². The van der Waals surface area contributed by atoms with Crippen molar-refractivity contribution in [3.05, 3.63) is 46.5 Å². The second kappa shape index (κ2) is 8.21. The van der Waals surface area contributed by atoms with Crippen molar-refractivity contribution in [2.45, 2.75) is 46.5 Å². The fourth-order valence-electron chi connectivity index (χ4n) is 3.33. The molecular formula is C20H26N2O3. The molecular weight excluding hydrogens is 316 g/mol. The number of carbonyl (C=O) groups excluding carboxylic acids is 2. The highest BCUT2D eigenvalue weighted by molar-refractivity contribution is 5.99. The molecule has 2 rings (SSSR count). The summed E-state index contributed by atoms with van der Waals surface area (Å²) < 4.78 is 0. The van der Waals surface area contributed by atoms with Gasteiger partial charge in [-0.3, -0.25) is 9.59 Å². The Kier molecular flexibility index (Phi) is 6.26. The number of hydrogen-bond donors (Lipinski definition) is 2. The van der Waals surface area contributed by atoms with Crippen LogP contribution in [0, 0.1) is 5.41 Å². The van der Waals surface area contributed by atoms with Crippen molar-refractivity contribution in [2.75, 3.05) is 6.61 Å². The third-order valence-corrected chi connectivity index (χ3v) is 4.85. The smallest absolute Gasteiger partial charge is 0.271 e. The molecule has 1 amide bonds. The Hall–Kier alpha value is -2.27.